The van der Waals surface area contributed by atoms with Gasteiger partial charge in [-0.3, -0.25) is 4.79 Å². The van der Waals surface area contributed by atoms with Gasteiger partial charge in [0.15, 0.2) is 0 Å². The summed E-state index contributed by atoms with van der Waals surface area (Å²) < 4.78 is 43.9. The van der Waals surface area contributed by atoms with Crippen LogP contribution >= 0.6 is 0 Å². The third kappa shape index (κ3) is 4.84. The number of amides is 1. The van der Waals surface area contributed by atoms with Gasteiger partial charge in [0, 0.05) is 16.7 Å². The van der Waals surface area contributed by atoms with Crippen molar-refractivity contribution >= 4 is 23.1 Å². The molecule has 0 bridgehead atoms. The molecular formula is C17H20F3NO3. The zero-order valence-electron chi connectivity index (χ0n) is 14.0. The number of anilines is 1. The van der Waals surface area contributed by atoms with E-state index in [2.05, 4.69) is 11.9 Å². The summed E-state index contributed by atoms with van der Waals surface area (Å²) in [5.41, 5.74) is -2.43. The highest BCUT2D eigenvalue weighted by Gasteiger charge is 2.35. The van der Waals surface area contributed by atoms with Crippen molar-refractivity contribution in [3.63, 3.8) is 0 Å². The average Bonchev–Trinajstić information content (AvgIpc) is 2.45. The van der Waals surface area contributed by atoms with Crippen LogP contribution in [0.5, 0.6) is 0 Å². The van der Waals surface area contributed by atoms with Gasteiger partial charge in [0.2, 0.25) is 5.91 Å². The first kappa shape index (κ1) is 19.7. The van der Waals surface area contributed by atoms with Crippen LogP contribution in [0.25, 0.3) is 5.57 Å². The summed E-state index contributed by atoms with van der Waals surface area (Å²) in [6.45, 7) is 9.62. The summed E-state index contributed by atoms with van der Waals surface area (Å²) in [5, 5.41) is 2.45. The monoisotopic (exact) mass is 343 g/mol. The van der Waals surface area contributed by atoms with E-state index in [1.165, 1.54) is 12.1 Å². The molecule has 1 N–H and O–H groups in total. The minimum Gasteiger partial charge on any atom is -0.462 e. The number of rotatable bonds is 4. The Hall–Kier alpha value is -2.31. The second-order valence-corrected chi connectivity index (χ2v) is 6.16. The quantitative estimate of drug-likeness (QED) is 0.823. The first-order chi connectivity index (χ1) is 10.9. The van der Waals surface area contributed by atoms with Crippen LogP contribution in [-0.2, 0) is 9.53 Å². The number of esters is 1. The van der Waals surface area contributed by atoms with Crippen molar-refractivity contribution in [2.75, 3.05) is 11.9 Å². The summed E-state index contributed by atoms with van der Waals surface area (Å²) in [6.07, 6.45) is -4.70. The fourth-order valence-electron chi connectivity index (χ4n) is 1.71. The second-order valence-electron chi connectivity index (χ2n) is 6.16. The van der Waals surface area contributed by atoms with Gasteiger partial charge in [0.1, 0.15) is 0 Å². The molecule has 132 valence electrons. The maximum absolute atomic E-state index is 13.0. The summed E-state index contributed by atoms with van der Waals surface area (Å²) >= 11 is 0. The molecule has 0 saturated heterocycles. The molecular weight excluding hydrogens is 323 g/mol. The average molecular weight is 343 g/mol. The molecule has 0 aliphatic carbocycles. The van der Waals surface area contributed by atoms with E-state index in [1.807, 2.05) is 0 Å². The third-order valence-corrected chi connectivity index (χ3v) is 3.13. The summed E-state index contributed by atoms with van der Waals surface area (Å²) in [5.74, 6) is -1.20. The second kappa shape index (κ2) is 7.07. The fourth-order valence-corrected chi connectivity index (χ4v) is 1.71. The van der Waals surface area contributed by atoms with Gasteiger partial charge in [0.25, 0.3) is 0 Å². The van der Waals surface area contributed by atoms with E-state index in [-0.39, 0.29) is 23.4 Å². The SMILES string of the molecule is C=C(c1cc(C(=O)OCC)ccc1NC(=O)C(C)(C)C)C(F)(F)F. The lowest BCUT2D eigenvalue weighted by molar-refractivity contribution is -0.123. The van der Waals surface area contributed by atoms with Gasteiger partial charge in [-0.1, -0.05) is 27.4 Å². The number of halogens is 3. The molecule has 1 aromatic carbocycles. The van der Waals surface area contributed by atoms with Crippen LogP contribution in [0.4, 0.5) is 18.9 Å². The number of allylic oxidation sites excluding steroid dienone is 1. The van der Waals surface area contributed by atoms with E-state index in [0.717, 1.165) is 6.07 Å². The Morgan fingerprint density at radius 2 is 1.79 bits per heavy atom. The Bertz CT molecular complexity index is 658. The largest absolute Gasteiger partial charge is 0.462 e. The van der Waals surface area contributed by atoms with Crippen LogP contribution in [0.1, 0.15) is 43.6 Å². The molecule has 0 aromatic heterocycles. The van der Waals surface area contributed by atoms with E-state index in [0.29, 0.717) is 0 Å². The number of hydrogen-bond acceptors (Lipinski definition) is 3. The normalized spacial score (nSPS) is 11.8. The molecule has 1 rings (SSSR count). The number of carbonyl (C=O) groups is 2. The molecule has 7 heteroatoms. The van der Waals surface area contributed by atoms with Gasteiger partial charge in [-0.25, -0.2) is 4.79 Å². The lowest BCUT2D eigenvalue weighted by atomic mass is 9.94. The highest BCUT2D eigenvalue weighted by atomic mass is 19.4. The van der Waals surface area contributed by atoms with Gasteiger partial charge in [-0.2, -0.15) is 13.2 Å². The van der Waals surface area contributed by atoms with Crippen LogP contribution in [-0.4, -0.2) is 24.7 Å². The van der Waals surface area contributed by atoms with Crippen LogP contribution in [0.3, 0.4) is 0 Å². The van der Waals surface area contributed by atoms with E-state index in [1.54, 1.807) is 27.7 Å². The number of hydrogen-bond donors (Lipinski definition) is 1. The number of nitrogens with one attached hydrogen (secondary N) is 1. The van der Waals surface area contributed by atoms with Crippen molar-refractivity contribution in [2.45, 2.75) is 33.9 Å². The Labute approximate surface area is 138 Å². The molecule has 0 aliphatic heterocycles. The van der Waals surface area contributed by atoms with E-state index in [9.17, 15) is 22.8 Å². The minimum atomic E-state index is -4.70. The molecule has 0 aliphatic rings. The molecule has 0 saturated carbocycles. The van der Waals surface area contributed by atoms with E-state index >= 15 is 0 Å². The first-order valence-corrected chi connectivity index (χ1v) is 7.27. The molecule has 0 unspecified atom stereocenters. The van der Waals surface area contributed by atoms with Crippen LogP contribution < -0.4 is 5.32 Å². The topological polar surface area (TPSA) is 55.4 Å². The van der Waals surface area contributed by atoms with Gasteiger partial charge < -0.3 is 10.1 Å². The Morgan fingerprint density at radius 1 is 1.21 bits per heavy atom. The fraction of sp³-hybridized carbons (Fsp3) is 0.412. The van der Waals surface area contributed by atoms with Gasteiger partial charge in [-0.15, -0.1) is 0 Å². The van der Waals surface area contributed by atoms with Gasteiger partial charge in [0.05, 0.1) is 17.7 Å². The molecule has 0 radical (unpaired) electrons. The Kier molecular flexibility index (Phi) is 5.81. The predicted molar refractivity (Wildman–Crippen MR) is 85.6 cm³/mol. The van der Waals surface area contributed by atoms with Crippen molar-refractivity contribution in [1.82, 2.24) is 0 Å². The standard InChI is InChI=1S/C17H20F3NO3/c1-6-24-14(22)11-7-8-13(21-15(23)16(3,4)5)12(9-11)10(2)17(18,19)20/h7-9H,2,6H2,1,3-5H3,(H,21,23). The molecule has 0 atom stereocenters. The Balaban J connectivity index is 3.35. The third-order valence-electron chi connectivity index (χ3n) is 3.13. The molecule has 1 aromatic rings. The zero-order chi connectivity index (χ0) is 18.7. The first-order valence-electron chi connectivity index (χ1n) is 7.27. The minimum absolute atomic E-state index is 0.0500. The number of benzene rings is 1. The van der Waals surface area contributed by atoms with Crippen molar-refractivity contribution in [3.05, 3.63) is 35.9 Å². The molecule has 1 amide bonds. The van der Waals surface area contributed by atoms with Crippen molar-refractivity contribution in [2.24, 2.45) is 5.41 Å². The lowest BCUT2D eigenvalue weighted by Crippen LogP contribution is -2.28. The van der Waals surface area contributed by atoms with E-state index < -0.39 is 29.0 Å². The van der Waals surface area contributed by atoms with Crippen LogP contribution in [0, 0.1) is 5.41 Å². The maximum Gasteiger partial charge on any atom is 0.416 e. The highest BCUT2D eigenvalue weighted by Crippen LogP contribution is 2.37. The summed E-state index contributed by atoms with van der Waals surface area (Å²) in [6, 6.07) is 3.55. The summed E-state index contributed by atoms with van der Waals surface area (Å²) in [7, 11) is 0. The molecule has 0 fully saturated rings. The number of carbonyl (C=O) groups excluding carboxylic acids is 2. The van der Waals surface area contributed by atoms with Gasteiger partial charge in [-0.05, 0) is 25.1 Å². The van der Waals surface area contributed by atoms with Crippen LogP contribution in [0.2, 0.25) is 0 Å². The number of alkyl halides is 3. The van der Waals surface area contributed by atoms with Crippen molar-refractivity contribution < 1.29 is 27.5 Å². The van der Waals surface area contributed by atoms with Crippen molar-refractivity contribution in [1.29, 1.82) is 0 Å². The van der Waals surface area contributed by atoms with Crippen LogP contribution in [0.15, 0.2) is 24.8 Å². The molecule has 0 spiro atoms. The highest BCUT2D eigenvalue weighted by molar-refractivity contribution is 5.99. The summed E-state index contributed by atoms with van der Waals surface area (Å²) in [4.78, 5) is 23.8. The van der Waals surface area contributed by atoms with Gasteiger partial charge >= 0.3 is 12.1 Å². The Morgan fingerprint density at radius 3 is 2.25 bits per heavy atom. The lowest BCUT2D eigenvalue weighted by Gasteiger charge is -2.21. The van der Waals surface area contributed by atoms with Crippen molar-refractivity contribution in [3.8, 4) is 0 Å². The molecule has 4 nitrogen and oxygen atoms in total. The molecule has 0 heterocycles. The smallest absolute Gasteiger partial charge is 0.416 e. The predicted octanol–water partition coefficient (Wildman–Crippen LogP) is 4.42. The number of ether oxygens (including phenoxy) is 1. The molecule has 24 heavy (non-hydrogen) atoms. The maximum atomic E-state index is 13.0. The zero-order valence-corrected chi connectivity index (χ0v) is 14.0. The van der Waals surface area contributed by atoms with E-state index in [4.69, 9.17) is 4.74 Å².